The predicted octanol–water partition coefficient (Wildman–Crippen LogP) is 2.54. The summed E-state index contributed by atoms with van der Waals surface area (Å²) in [6.07, 6.45) is 3.75. The van der Waals surface area contributed by atoms with Gasteiger partial charge in [-0.25, -0.2) is 4.79 Å². The van der Waals surface area contributed by atoms with Crippen molar-refractivity contribution in [3.8, 4) is 0 Å². The van der Waals surface area contributed by atoms with E-state index in [2.05, 4.69) is 28.8 Å². The van der Waals surface area contributed by atoms with E-state index in [-0.39, 0.29) is 6.03 Å². The normalized spacial score (nSPS) is 22.4. The molecule has 1 saturated heterocycles. The van der Waals surface area contributed by atoms with Crippen LogP contribution in [0.3, 0.4) is 0 Å². The van der Waals surface area contributed by atoms with E-state index in [1.54, 1.807) is 22.2 Å². The van der Waals surface area contributed by atoms with Gasteiger partial charge in [0.15, 0.2) is 0 Å². The van der Waals surface area contributed by atoms with Crippen molar-refractivity contribution in [2.45, 2.75) is 25.4 Å². The fourth-order valence-corrected chi connectivity index (χ4v) is 3.72. The van der Waals surface area contributed by atoms with Crippen LogP contribution >= 0.6 is 11.3 Å². The van der Waals surface area contributed by atoms with E-state index < -0.39 is 5.60 Å². The van der Waals surface area contributed by atoms with Gasteiger partial charge in [-0.05, 0) is 18.4 Å². The van der Waals surface area contributed by atoms with E-state index >= 15 is 0 Å². The molecule has 0 bridgehead atoms. The van der Waals surface area contributed by atoms with Crippen LogP contribution < -0.4 is 5.32 Å². The lowest BCUT2D eigenvalue weighted by Gasteiger charge is -2.40. The SMILES string of the molecule is C[C@@H](CNC(=O)N1CCO[C@](C)(c2cnn(C)c2)C1)c1cccs1. The Morgan fingerprint density at radius 1 is 1.58 bits per heavy atom. The molecule has 7 heteroatoms. The summed E-state index contributed by atoms with van der Waals surface area (Å²) in [7, 11) is 1.88. The fraction of sp³-hybridized carbons (Fsp3) is 0.529. The first kappa shape index (κ1) is 17.0. The third-order valence-electron chi connectivity index (χ3n) is 4.47. The summed E-state index contributed by atoms with van der Waals surface area (Å²) in [4.78, 5) is 15.7. The van der Waals surface area contributed by atoms with Crippen molar-refractivity contribution in [1.82, 2.24) is 20.0 Å². The maximum Gasteiger partial charge on any atom is 0.317 e. The molecule has 0 saturated carbocycles. The van der Waals surface area contributed by atoms with E-state index in [1.165, 1.54) is 4.88 Å². The zero-order valence-corrected chi connectivity index (χ0v) is 15.2. The number of hydrogen-bond acceptors (Lipinski definition) is 4. The smallest absolute Gasteiger partial charge is 0.317 e. The quantitative estimate of drug-likeness (QED) is 0.924. The highest BCUT2D eigenvalue weighted by molar-refractivity contribution is 7.10. The lowest BCUT2D eigenvalue weighted by molar-refractivity contribution is -0.0906. The Morgan fingerprint density at radius 2 is 2.42 bits per heavy atom. The van der Waals surface area contributed by atoms with Crippen LogP contribution in [0.5, 0.6) is 0 Å². The number of nitrogens with zero attached hydrogens (tertiary/aromatic N) is 3. The number of carbonyl (C=O) groups is 1. The maximum absolute atomic E-state index is 12.5. The monoisotopic (exact) mass is 348 g/mol. The molecule has 3 rings (SSSR count). The third-order valence-corrected chi connectivity index (χ3v) is 5.57. The molecule has 2 aromatic rings. The molecule has 0 unspecified atom stereocenters. The highest BCUT2D eigenvalue weighted by Crippen LogP contribution is 2.29. The van der Waals surface area contributed by atoms with Crippen LogP contribution in [-0.2, 0) is 17.4 Å². The van der Waals surface area contributed by atoms with Crippen LogP contribution in [0.15, 0.2) is 29.9 Å². The largest absolute Gasteiger partial charge is 0.367 e. The first-order valence-corrected chi connectivity index (χ1v) is 9.05. The van der Waals surface area contributed by atoms with Crippen molar-refractivity contribution in [3.05, 3.63) is 40.3 Å². The van der Waals surface area contributed by atoms with Crippen LogP contribution in [0.4, 0.5) is 4.79 Å². The summed E-state index contributed by atoms with van der Waals surface area (Å²) in [6, 6.07) is 4.12. The highest BCUT2D eigenvalue weighted by atomic mass is 32.1. The molecule has 6 nitrogen and oxygen atoms in total. The summed E-state index contributed by atoms with van der Waals surface area (Å²) < 4.78 is 7.71. The van der Waals surface area contributed by atoms with E-state index in [0.717, 1.165) is 5.56 Å². The molecule has 1 fully saturated rings. The molecule has 0 aromatic carbocycles. The van der Waals surface area contributed by atoms with Gasteiger partial charge in [-0.2, -0.15) is 5.10 Å². The number of amides is 2. The van der Waals surface area contributed by atoms with Crippen molar-refractivity contribution in [3.63, 3.8) is 0 Å². The average molecular weight is 348 g/mol. The van der Waals surface area contributed by atoms with E-state index in [0.29, 0.717) is 32.2 Å². The van der Waals surface area contributed by atoms with Gasteiger partial charge in [0, 0.05) is 42.7 Å². The number of thiophene rings is 1. The van der Waals surface area contributed by atoms with E-state index in [4.69, 9.17) is 4.74 Å². The van der Waals surface area contributed by atoms with Gasteiger partial charge >= 0.3 is 6.03 Å². The molecule has 0 spiro atoms. The molecular formula is C17H24N4O2S. The molecule has 24 heavy (non-hydrogen) atoms. The fourth-order valence-electron chi connectivity index (χ4n) is 2.94. The van der Waals surface area contributed by atoms with Gasteiger partial charge < -0.3 is 15.0 Å². The van der Waals surface area contributed by atoms with Crippen molar-refractivity contribution in [1.29, 1.82) is 0 Å². The van der Waals surface area contributed by atoms with Crippen molar-refractivity contribution in [2.24, 2.45) is 7.05 Å². The van der Waals surface area contributed by atoms with Gasteiger partial charge in [0.05, 0.1) is 19.3 Å². The molecule has 1 N–H and O–H groups in total. The van der Waals surface area contributed by atoms with Gasteiger partial charge in [0.1, 0.15) is 5.60 Å². The van der Waals surface area contributed by atoms with Gasteiger partial charge in [0.2, 0.25) is 0 Å². The Bertz CT molecular complexity index is 685. The average Bonchev–Trinajstić information content (AvgIpc) is 3.24. The number of morpholine rings is 1. The van der Waals surface area contributed by atoms with E-state index in [1.807, 2.05) is 31.1 Å². The first-order valence-electron chi connectivity index (χ1n) is 8.17. The van der Waals surface area contributed by atoms with E-state index in [9.17, 15) is 4.79 Å². The molecule has 1 aliphatic rings. The molecule has 2 aromatic heterocycles. The molecule has 2 amide bonds. The Morgan fingerprint density at radius 3 is 3.08 bits per heavy atom. The van der Waals surface area contributed by atoms with Crippen molar-refractivity contribution < 1.29 is 9.53 Å². The van der Waals surface area contributed by atoms with Gasteiger partial charge in [-0.15, -0.1) is 11.3 Å². The number of ether oxygens (including phenoxy) is 1. The zero-order valence-electron chi connectivity index (χ0n) is 14.4. The van der Waals surface area contributed by atoms with Crippen LogP contribution in [0.25, 0.3) is 0 Å². The zero-order chi connectivity index (χ0) is 17.2. The van der Waals surface area contributed by atoms with Gasteiger partial charge in [-0.3, -0.25) is 4.68 Å². The van der Waals surface area contributed by atoms with Crippen LogP contribution in [0.1, 0.15) is 30.2 Å². The molecule has 2 atom stereocenters. The number of carbonyl (C=O) groups excluding carboxylic acids is 1. The summed E-state index contributed by atoms with van der Waals surface area (Å²) in [5.74, 6) is 0.319. The minimum Gasteiger partial charge on any atom is -0.367 e. The standard InChI is InChI=1S/C17H24N4O2S/c1-13(15-5-4-8-24-15)9-18-16(22)21-6-7-23-17(2,12-21)14-10-19-20(3)11-14/h4-5,8,10-11,13H,6-7,9,12H2,1-3H3,(H,18,22)/t13-,17-/m0/s1. The van der Waals surface area contributed by atoms with Crippen LogP contribution in [0.2, 0.25) is 0 Å². The second kappa shape index (κ2) is 6.94. The minimum absolute atomic E-state index is 0.0307. The Balaban J connectivity index is 1.59. The lowest BCUT2D eigenvalue weighted by atomic mass is 9.97. The Kier molecular flexibility index (Phi) is 4.91. The molecule has 0 aliphatic carbocycles. The van der Waals surface area contributed by atoms with Crippen molar-refractivity contribution >= 4 is 17.4 Å². The lowest BCUT2D eigenvalue weighted by Crippen LogP contribution is -2.53. The molecule has 3 heterocycles. The molecule has 1 aliphatic heterocycles. The van der Waals surface area contributed by atoms with Crippen LogP contribution in [0, 0.1) is 0 Å². The number of nitrogens with one attached hydrogen (secondary N) is 1. The summed E-state index contributed by atoms with van der Waals surface area (Å²) in [5.41, 5.74) is 0.484. The van der Waals surface area contributed by atoms with Crippen molar-refractivity contribution in [2.75, 3.05) is 26.2 Å². The van der Waals surface area contributed by atoms with Gasteiger partial charge in [-0.1, -0.05) is 13.0 Å². The number of aromatic nitrogens is 2. The summed E-state index contributed by atoms with van der Waals surface area (Å²) in [6.45, 7) is 6.44. The molecular weight excluding hydrogens is 324 g/mol. The summed E-state index contributed by atoms with van der Waals surface area (Å²) >= 11 is 1.72. The Labute approximate surface area is 146 Å². The number of rotatable bonds is 4. The Hall–Kier alpha value is -1.86. The van der Waals surface area contributed by atoms with Gasteiger partial charge in [0.25, 0.3) is 0 Å². The number of hydrogen-bond donors (Lipinski definition) is 1. The predicted molar refractivity (Wildman–Crippen MR) is 94.2 cm³/mol. The first-order chi connectivity index (χ1) is 11.5. The second-order valence-corrected chi connectivity index (χ2v) is 7.49. The molecule has 0 radical (unpaired) electrons. The topological polar surface area (TPSA) is 59.4 Å². The maximum atomic E-state index is 12.5. The number of aryl methyl sites for hydroxylation is 1. The molecule has 130 valence electrons. The third kappa shape index (κ3) is 3.62. The minimum atomic E-state index is -0.511. The number of urea groups is 1. The highest BCUT2D eigenvalue weighted by Gasteiger charge is 2.36. The second-order valence-electron chi connectivity index (χ2n) is 6.51. The summed E-state index contributed by atoms with van der Waals surface area (Å²) in [5, 5.41) is 9.33. The van der Waals surface area contributed by atoms with Crippen LogP contribution in [-0.4, -0.2) is 47.0 Å².